The highest BCUT2D eigenvalue weighted by Crippen LogP contribution is 2.29. The minimum atomic E-state index is 0.815. The Bertz CT molecular complexity index is 876. The Kier molecular flexibility index (Phi) is 9.96. The van der Waals surface area contributed by atoms with Gasteiger partial charge in [0, 0.05) is 52.4 Å². The Labute approximate surface area is 212 Å². The number of unbranched alkanes of at least 4 members (excludes halogenated alkanes) is 4. The molecule has 192 valence electrons. The summed E-state index contributed by atoms with van der Waals surface area (Å²) in [6.07, 6.45) is 6.28. The third-order valence-electron chi connectivity index (χ3n) is 7.38. The third-order valence-corrected chi connectivity index (χ3v) is 7.38. The number of anilines is 2. The molecular formula is C29H44N4O2. The Balaban J connectivity index is 1.06. The first-order chi connectivity index (χ1) is 17.2. The van der Waals surface area contributed by atoms with Crippen molar-refractivity contribution in [3.05, 3.63) is 48.5 Å². The van der Waals surface area contributed by atoms with E-state index in [0.29, 0.717) is 0 Å². The second kappa shape index (κ2) is 13.6. The van der Waals surface area contributed by atoms with E-state index >= 15 is 0 Å². The van der Waals surface area contributed by atoms with Gasteiger partial charge in [-0.2, -0.15) is 0 Å². The minimum absolute atomic E-state index is 0.815. The second-order valence-electron chi connectivity index (χ2n) is 9.87. The van der Waals surface area contributed by atoms with Crippen molar-refractivity contribution in [2.75, 3.05) is 89.5 Å². The average molecular weight is 481 g/mol. The molecule has 0 N–H and O–H groups in total. The number of hydrogen-bond acceptors (Lipinski definition) is 6. The fourth-order valence-electron chi connectivity index (χ4n) is 5.14. The molecule has 0 atom stereocenters. The molecule has 0 amide bonds. The van der Waals surface area contributed by atoms with Crippen LogP contribution in [0.15, 0.2) is 48.5 Å². The standard InChI is InChI=1S/C29H44N4O2/c1-30-17-21-32(22-18-30)27-13-7-9-15-29(27)35-25-11-5-3-4-10-16-31-19-23-33(24-20-31)26-12-6-8-14-28(26)34-2/h6-9,12-15H,3-5,10-11,16-25H2,1-2H3. The van der Waals surface area contributed by atoms with Crippen molar-refractivity contribution in [2.24, 2.45) is 0 Å². The summed E-state index contributed by atoms with van der Waals surface area (Å²) >= 11 is 0. The molecule has 0 aliphatic carbocycles. The highest BCUT2D eigenvalue weighted by molar-refractivity contribution is 5.59. The van der Waals surface area contributed by atoms with Gasteiger partial charge in [0.25, 0.3) is 0 Å². The maximum atomic E-state index is 6.20. The molecule has 0 saturated carbocycles. The van der Waals surface area contributed by atoms with E-state index in [1.165, 1.54) is 43.6 Å². The van der Waals surface area contributed by atoms with Crippen molar-refractivity contribution in [1.29, 1.82) is 0 Å². The fraction of sp³-hybridized carbons (Fsp3) is 0.586. The van der Waals surface area contributed by atoms with Crippen LogP contribution in [-0.4, -0.2) is 89.5 Å². The molecule has 0 bridgehead atoms. The summed E-state index contributed by atoms with van der Waals surface area (Å²) in [5.41, 5.74) is 2.48. The van der Waals surface area contributed by atoms with Crippen LogP contribution < -0.4 is 19.3 Å². The first-order valence-electron chi connectivity index (χ1n) is 13.5. The number of rotatable bonds is 12. The zero-order chi connectivity index (χ0) is 24.3. The average Bonchev–Trinajstić information content (AvgIpc) is 2.91. The molecule has 2 saturated heterocycles. The highest BCUT2D eigenvalue weighted by Gasteiger charge is 2.19. The van der Waals surface area contributed by atoms with E-state index in [-0.39, 0.29) is 0 Å². The van der Waals surface area contributed by atoms with Crippen molar-refractivity contribution >= 4 is 11.4 Å². The second-order valence-corrected chi connectivity index (χ2v) is 9.87. The van der Waals surface area contributed by atoms with Gasteiger partial charge in [-0.1, -0.05) is 43.5 Å². The summed E-state index contributed by atoms with van der Waals surface area (Å²) in [7, 11) is 3.96. The quantitative estimate of drug-likeness (QED) is 0.413. The number of hydrogen-bond donors (Lipinski definition) is 0. The van der Waals surface area contributed by atoms with Crippen molar-refractivity contribution in [2.45, 2.75) is 32.1 Å². The molecule has 0 spiro atoms. The number of methoxy groups -OCH3 is 1. The van der Waals surface area contributed by atoms with Gasteiger partial charge >= 0.3 is 0 Å². The van der Waals surface area contributed by atoms with Gasteiger partial charge in [-0.25, -0.2) is 0 Å². The van der Waals surface area contributed by atoms with Gasteiger partial charge in [-0.05, 0) is 50.7 Å². The maximum absolute atomic E-state index is 6.20. The van der Waals surface area contributed by atoms with Crippen LogP contribution in [0.3, 0.4) is 0 Å². The van der Waals surface area contributed by atoms with Crippen LogP contribution in [0.2, 0.25) is 0 Å². The van der Waals surface area contributed by atoms with Gasteiger partial charge in [0.2, 0.25) is 0 Å². The summed E-state index contributed by atoms with van der Waals surface area (Å²) in [6, 6.07) is 16.9. The van der Waals surface area contributed by atoms with Gasteiger partial charge < -0.3 is 24.2 Å². The van der Waals surface area contributed by atoms with Crippen LogP contribution in [-0.2, 0) is 0 Å². The lowest BCUT2D eigenvalue weighted by Crippen LogP contribution is -2.46. The molecule has 2 fully saturated rings. The largest absolute Gasteiger partial charge is 0.495 e. The molecule has 2 aromatic carbocycles. The van der Waals surface area contributed by atoms with Gasteiger partial charge in [0.15, 0.2) is 0 Å². The Morgan fingerprint density at radius 2 is 1.17 bits per heavy atom. The molecule has 4 rings (SSSR count). The van der Waals surface area contributed by atoms with Crippen molar-refractivity contribution < 1.29 is 9.47 Å². The van der Waals surface area contributed by atoms with Crippen LogP contribution >= 0.6 is 0 Å². The first-order valence-corrected chi connectivity index (χ1v) is 13.5. The maximum Gasteiger partial charge on any atom is 0.142 e. The van der Waals surface area contributed by atoms with Crippen LogP contribution in [0.5, 0.6) is 11.5 Å². The molecule has 0 unspecified atom stereocenters. The van der Waals surface area contributed by atoms with E-state index in [4.69, 9.17) is 9.47 Å². The number of ether oxygens (including phenoxy) is 2. The van der Waals surface area contributed by atoms with Crippen LogP contribution in [0, 0.1) is 0 Å². The molecule has 6 nitrogen and oxygen atoms in total. The lowest BCUT2D eigenvalue weighted by molar-refractivity contribution is 0.250. The summed E-state index contributed by atoms with van der Waals surface area (Å²) in [5, 5.41) is 0. The van der Waals surface area contributed by atoms with Crippen LogP contribution in [0.4, 0.5) is 11.4 Å². The Morgan fingerprint density at radius 1 is 0.629 bits per heavy atom. The summed E-state index contributed by atoms with van der Waals surface area (Å²) in [5.74, 6) is 2.03. The first kappa shape index (κ1) is 25.6. The highest BCUT2D eigenvalue weighted by atomic mass is 16.5. The molecule has 35 heavy (non-hydrogen) atoms. The van der Waals surface area contributed by atoms with E-state index in [1.807, 2.05) is 6.07 Å². The topological polar surface area (TPSA) is 31.4 Å². The zero-order valence-electron chi connectivity index (χ0n) is 21.8. The molecule has 0 radical (unpaired) electrons. The molecule has 2 aliphatic rings. The molecule has 2 aromatic rings. The number of piperazine rings is 2. The van der Waals surface area contributed by atoms with Crippen molar-refractivity contribution in [3.8, 4) is 11.5 Å². The van der Waals surface area contributed by atoms with Crippen molar-refractivity contribution in [1.82, 2.24) is 9.80 Å². The predicted octanol–water partition coefficient (Wildman–Crippen LogP) is 4.60. The Morgan fingerprint density at radius 3 is 1.86 bits per heavy atom. The van der Waals surface area contributed by atoms with Gasteiger partial charge in [0.05, 0.1) is 25.1 Å². The predicted molar refractivity (Wildman–Crippen MR) is 146 cm³/mol. The molecule has 0 aromatic heterocycles. The fourth-order valence-corrected chi connectivity index (χ4v) is 5.14. The van der Waals surface area contributed by atoms with Gasteiger partial charge in [-0.3, -0.25) is 4.90 Å². The summed E-state index contributed by atoms with van der Waals surface area (Å²) < 4.78 is 11.7. The Hall–Kier alpha value is -2.44. The number of likely N-dealkylation sites (N-methyl/N-ethyl adjacent to an activating group) is 1. The summed E-state index contributed by atoms with van der Waals surface area (Å²) in [6.45, 7) is 10.8. The number of benzene rings is 2. The lowest BCUT2D eigenvalue weighted by atomic mass is 10.1. The number of nitrogens with zero attached hydrogens (tertiary/aromatic N) is 4. The monoisotopic (exact) mass is 480 g/mol. The van der Waals surface area contributed by atoms with Crippen LogP contribution in [0.25, 0.3) is 0 Å². The lowest BCUT2D eigenvalue weighted by Gasteiger charge is -2.36. The van der Waals surface area contributed by atoms with Gasteiger partial charge in [0.1, 0.15) is 11.5 Å². The zero-order valence-corrected chi connectivity index (χ0v) is 21.8. The molecule has 6 heteroatoms. The van der Waals surface area contributed by atoms with E-state index in [1.54, 1.807) is 7.11 Å². The summed E-state index contributed by atoms with van der Waals surface area (Å²) in [4.78, 5) is 9.93. The molecule has 2 heterocycles. The smallest absolute Gasteiger partial charge is 0.142 e. The van der Waals surface area contributed by atoms with E-state index in [9.17, 15) is 0 Å². The van der Waals surface area contributed by atoms with Gasteiger partial charge in [-0.15, -0.1) is 0 Å². The third kappa shape index (κ3) is 7.52. The number of para-hydroxylation sites is 4. The van der Waals surface area contributed by atoms with Crippen LogP contribution in [0.1, 0.15) is 32.1 Å². The molecular weight excluding hydrogens is 436 g/mol. The SMILES string of the molecule is COc1ccccc1N1CCN(CCCCCCCOc2ccccc2N2CCN(C)CC2)CC1. The van der Waals surface area contributed by atoms with E-state index in [0.717, 1.165) is 76.9 Å². The van der Waals surface area contributed by atoms with Crippen molar-refractivity contribution in [3.63, 3.8) is 0 Å². The normalized spacial score (nSPS) is 17.5. The van der Waals surface area contributed by atoms with E-state index in [2.05, 4.69) is 69.1 Å². The minimum Gasteiger partial charge on any atom is -0.495 e. The molecule has 2 aliphatic heterocycles. The van der Waals surface area contributed by atoms with E-state index < -0.39 is 0 Å².